The normalized spacial score (nSPS) is 13.2. The van der Waals surface area contributed by atoms with Gasteiger partial charge >= 0.3 is 24.3 Å². The summed E-state index contributed by atoms with van der Waals surface area (Å²) in [5, 5.41) is 0. The van der Waals surface area contributed by atoms with E-state index in [2.05, 4.69) is 13.2 Å². The van der Waals surface area contributed by atoms with Gasteiger partial charge in [0, 0.05) is 33.6 Å². The molecule has 260 valence electrons. The summed E-state index contributed by atoms with van der Waals surface area (Å²) in [6.07, 6.45) is -9.02. The van der Waals surface area contributed by atoms with Gasteiger partial charge in [-0.05, 0) is 97.5 Å². The van der Waals surface area contributed by atoms with Crippen molar-refractivity contribution in [2.75, 3.05) is 18.1 Å². The van der Waals surface area contributed by atoms with Crippen molar-refractivity contribution in [3.05, 3.63) is 138 Å². The van der Waals surface area contributed by atoms with Gasteiger partial charge < -0.3 is 14.4 Å². The van der Waals surface area contributed by atoms with Gasteiger partial charge in [0.15, 0.2) is 0 Å². The molecule has 11 heteroatoms. The Morgan fingerprint density at radius 1 is 0.620 bits per heavy atom. The maximum Gasteiger partial charge on any atom is 0.416 e. The Morgan fingerprint density at radius 3 is 1.56 bits per heavy atom. The summed E-state index contributed by atoms with van der Waals surface area (Å²) in [6.45, 7) is 10.1. The molecule has 0 fully saturated rings. The average Bonchev–Trinajstić information content (AvgIpc) is 3.33. The van der Waals surface area contributed by atoms with Gasteiger partial charge in [0.1, 0.15) is 0 Å². The number of carbonyl (C=O) groups excluding carboxylic acids is 2. The summed E-state index contributed by atoms with van der Waals surface area (Å²) in [5.74, 6) is -1.20. The third kappa shape index (κ3) is 7.31. The highest BCUT2D eigenvalue weighted by Gasteiger charge is 2.44. The summed E-state index contributed by atoms with van der Waals surface area (Å²) >= 11 is 0. The number of ether oxygens (including phenoxy) is 2. The summed E-state index contributed by atoms with van der Waals surface area (Å²) in [6, 6.07) is 21.3. The van der Waals surface area contributed by atoms with Crippen LogP contribution in [0.5, 0.6) is 0 Å². The monoisotopic (exact) mass is 693 g/mol. The minimum Gasteiger partial charge on any atom is -0.462 e. The van der Waals surface area contributed by atoms with Crippen molar-refractivity contribution < 1.29 is 45.4 Å². The fourth-order valence-electron chi connectivity index (χ4n) is 6.22. The van der Waals surface area contributed by atoms with Crippen molar-refractivity contribution in [2.24, 2.45) is 0 Å². The molecule has 0 spiro atoms. The highest BCUT2D eigenvalue weighted by Crippen LogP contribution is 2.54. The number of carbonyl (C=O) groups is 2. The lowest BCUT2D eigenvalue weighted by molar-refractivity contribution is -0.140. The highest BCUT2D eigenvalue weighted by molar-refractivity contribution is 5.88. The zero-order valence-electron chi connectivity index (χ0n) is 27.3. The lowest BCUT2D eigenvalue weighted by Crippen LogP contribution is -2.30. The van der Waals surface area contributed by atoms with Gasteiger partial charge in [-0.3, -0.25) is 0 Å². The van der Waals surface area contributed by atoms with E-state index >= 15 is 0 Å². The molecule has 1 aliphatic carbocycles. The van der Waals surface area contributed by atoms with Crippen LogP contribution in [-0.4, -0.2) is 25.2 Å². The average molecular weight is 694 g/mol. The van der Waals surface area contributed by atoms with Gasteiger partial charge in [0.25, 0.3) is 0 Å². The first-order valence-electron chi connectivity index (χ1n) is 15.6. The van der Waals surface area contributed by atoms with E-state index in [1.165, 1.54) is 43.0 Å². The molecule has 0 bridgehead atoms. The molecule has 50 heavy (non-hydrogen) atoms. The molecule has 0 aliphatic heterocycles. The smallest absolute Gasteiger partial charge is 0.416 e. The molecular weight excluding hydrogens is 660 g/mol. The van der Waals surface area contributed by atoms with Gasteiger partial charge in [-0.2, -0.15) is 26.3 Å². The number of esters is 2. The molecule has 0 heterocycles. The third-order valence-electron chi connectivity index (χ3n) is 8.59. The standard InChI is InChI=1S/C39H33F6NO4/c1-24(2)35(47)49-19-17-37(18-20-50-36(48)25(3)4)33-14-6-5-13-31(33)32-16-15-30(23-34(32)37)46(28-11-7-9-26(21-28)38(40,41)42)29-12-8-10-27(22-29)39(43,44)45/h5-16,21-23H,1,3,17-20H2,2,4H3. The van der Waals surface area contributed by atoms with Crippen molar-refractivity contribution in [3.63, 3.8) is 0 Å². The zero-order chi connectivity index (χ0) is 36.4. The quantitative estimate of drug-likeness (QED) is 0.0889. The van der Waals surface area contributed by atoms with Crippen molar-refractivity contribution in [3.8, 4) is 11.1 Å². The first-order valence-corrected chi connectivity index (χ1v) is 15.6. The van der Waals surface area contributed by atoms with Crippen LogP contribution < -0.4 is 4.90 Å². The van der Waals surface area contributed by atoms with Crippen LogP contribution >= 0.6 is 0 Å². The number of hydrogen-bond acceptors (Lipinski definition) is 5. The molecule has 0 N–H and O–H groups in total. The molecular formula is C39H33F6NO4. The number of fused-ring (bicyclic) bond motifs is 3. The number of halogens is 6. The lowest BCUT2D eigenvalue weighted by atomic mass is 9.73. The van der Waals surface area contributed by atoms with E-state index in [-0.39, 0.29) is 54.3 Å². The molecule has 0 radical (unpaired) electrons. The topological polar surface area (TPSA) is 55.8 Å². The molecule has 0 saturated carbocycles. The Labute approximate surface area is 285 Å². The van der Waals surface area contributed by atoms with Crippen LogP contribution in [0.25, 0.3) is 11.1 Å². The highest BCUT2D eigenvalue weighted by atomic mass is 19.4. The van der Waals surface area contributed by atoms with Gasteiger partial charge in [0.2, 0.25) is 0 Å². The van der Waals surface area contributed by atoms with Crippen molar-refractivity contribution >= 4 is 29.0 Å². The van der Waals surface area contributed by atoms with Crippen LogP contribution in [0, 0.1) is 0 Å². The minimum absolute atomic E-state index is 0.0222. The van der Waals surface area contributed by atoms with Gasteiger partial charge in [-0.15, -0.1) is 0 Å². The van der Waals surface area contributed by atoms with Crippen LogP contribution in [0.15, 0.2) is 115 Å². The Balaban J connectivity index is 1.71. The Kier molecular flexibility index (Phi) is 9.99. The van der Waals surface area contributed by atoms with E-state index < -0.39 is 40.8 Å². The SMILES string of the molecule is C=C(C)C(=O)OCCC1(CCOC(=O)C(=C)C)c2ccccc2-c2ccc(N(c3cccc(C(F)(F)F)c3)c3cccc(C(F)(F)F)c3)cc21. The summed E-state index contributed by atoms with van der Waals surface area (Å²) in [4.78, 5) is 26.1. The number of rotatable bonds is 11. The molecule has 0 atom stereocenters. The molecule has 0 aromatic heterocycles. The van der Waals surface area contributed by atoms with E-state index in [4.69, 9.17) is 9.47 Å². The van der Waals surface area contributed by atoms with Gasteiger partial charge in [-0.25, -0.2) is 9.59 Å². The molecule has 4 aromatic carbocycles. The number of anilines is 3. The molecule has 1 aliphatic rings. The van der Waals surface area contributed by atoms with E-state index in [0.717, 1.165) is 41.0 Å². The van der Waals surface area contributed by atoms with Gasteiger partial charge in [-0.1, -0.05) is 55.6 Å². The van der Waals surface area contributed by atoms with Crippen LogP contribution in [0.3, 0.4) is 0 Å². The fraction of sp³-hybridized carbons (Fsp3) is 0.231. The number of nitrogens with zero attached hydrogens (tertiary/aromatic N) is 1. The van der Waals surface area contributed by atoms with Crippen molar-refractivity contribution in [2.45, 2.75) is 44.5 Å². The van der Waals surface area contributed by atoms with Crippen LogP contribution in [0.4, 0.5) is 43.4 Å². The lowest BCUT2D eigenvalue weighted by Gasteiger charge is -2.33. The van der Waals surface area contributed by atoms with Crippen LogP contribution in [0.2, 0.25) is 0 Å². The van der Waals surface area contributed by atoms with Crippen LogP contribution in [-0.2, 0) is 36.8 Å². The van der Waals surface area contributed by atoms with E-state index in [9.17, 15) is 35.9 Å². The van der Waals surface area contributed by atoms with E-state index in [1.807, 2.05) is 24.3 Å². The molecule has 4 aromatic rings. The molecule has 0 amide bonds. The fourth-order valence-corrected chi connectivity index (χ4v) is 6.22. The Hall–Kier alpha value is -5.32. The maximum atomic E-state index is 13.9. The predicted molar refractivity (Wildman–Crippen MR) is 178 cm³/mol. The molecule has 5 rings (SSSR count). The first kappa shape index (κ1) is 36.0. The largest absolute Gasteiger partial charge is 0.462 e. The predicted octanol–water partition coefficient (Wildman–Crippen LogP) is 10.5. The Bertz CT molecular complexity index is 1870. The molecule has 0 unspecified atom stereocenters. The number of benzene rings is 4. The zero-order valence-corrected chi connectivity index (χ0v) is 27.3. The van der Waals surface area contributed by atoms with Gasteiger partial charge in [0.05, 0.1) is 24.3 Å². The van der Waals surface area contributed by atoms with Crippen molar-refractivity contribution in [1.82, 2.24) is 0 Å². The first-order chi connectivity index (χ1) is 23.5. The second-order valence-electron chi connectivity index (χ2n) is 12.1. The molecule has 5 nitrogen and oxygen atoms in total. The van der Waals surface area contributed by atoms with E-state index in [1.54, 1.807) is 18.2 Å². The van der Waals surface area contributed by atoms with Crippen molar-refractivity contribution in [1.29, 1.82) is 0 Å². The summed E-state index contributed by atoms with van der Waals surface area (Å²) in [7, 11) is 0. The second kappa shape index (κ2) is 13.9. The van der Waals surface area contributed by atoms with E-state index in [0.29, 0.717) is 5.56 Å². The summed E-state index contributed by atoms with van der Waals surface area (Å²) in [5.41, 5.74) is 0.790. The molecule has 0 saturated heterocycles. The summed E-state index contributed by atoms with van der Waals surface area (Å²) < 4.78 is 94.4. The number of alkyl halides is 6. The maximum absolute atomic E-state index is 13.9. The minimum atomic E-state index is -4.72. The number of hydrogen-bond donors (Lipinski definition) is 0. The third-order valence-corrected chi connectivity index (χ3v) is 8.59. The second-order valence-corrected chi connectivity index (χ2v) is 12.1. The van der Waals surface area contributed by atoms with Crippen LogP contribution in [0.1, 0.15) is 48.9 Å². The Morgan fingerprint density at radius 2 is 1.08 bits per heavy atom.